The monoisotopic (exact) mass is 158 g/mol. The van der Waals surface area contributed by atoms with E-state index in [4.69, 9.17) is 5.11 Å². The highest BCUT2D eigenvalue weighted by atomic mass is 16.4. The Bertz CT molecular complexity index is 155. The summed E-state index contributed by atoms with van der Waals surface area (Å²) in [5.74, 6) is -0.883. The molecule has 3 heteroatoms. The Labute approximate surface area is 66.0 Å². The minimum atomic E-state index is -0.756. The number of carboxylic acid groups (broad SMARTS) is 1. The lowest BCUT2D eigenvalue weighted by Gasteiger charge is -2.11. The van der Waals surface area contributed by atoms with E-state index in [1.807, 2.05) is 6.92 Å². The van der Waals surface area contributed by atoms with Crippen LogP contribution in [0.3, 0.4) is 0 Å². The van der Waals surface area contributed by atoms with Crippen molar-refractivity contribution >= 4 is 5.97 Å². The molecule has 3 nitrogen and oxygen atoms in total. The average Bonchev–Trinajstić information content (AvgIpc) is 2.30. The Morgan fingerprint density at radius 3 is 2.55 bits per heavy atom. The summed E-state index contributed by atoms with van der Waals surface area (Å²) in [4.78, 5) is 10.6. The zero-order chi connectivity index (χ0) is 8.43. The number of aliphatic hydroxyl groups is 1. The van der Waals surface area contributed by atoms with Crippen LogP contribution in [0.15, 0.2) is 0 Å². The van der Waals surface area contributed by atoms with E-state index in [2.05, 4.69) is 0 Å². The third-order valence-electron chi connectivity index (χ3n) is 2.51. The van der Waals surface area contributed by atoms with Crippen molar-refractivity contribution in [2.45, 2.75) is 32.3 Å². The van der Waals surface area contributed by atoms with Gasteiger partial charge in [0.15, 0.2) is 0 Å². The van der Waals surface area contributed by atoms with E-state index in [1.165, 1.54) is 0 Å². The molecule has 1 aliphatic rings. The number of aliphatic hydroxyl groups excluding tert-OH is 1. The molecule has 0 saturated heterocycles. The van der Waals surface area contributed by atoms with Crippen LogP contribution in [0, 0.1) is 11.8 Å². The van der Waals surface area contributed by atoms with Crippen LogP contribution in [-0.2, 0) is 4.79 Å². The molecule has 1 fully saturated rings. The van der Waals surface area contributed by atoms with Gasteiger partial charge in [-0.05, 0) is 18.8 Å². The van der Waals surface area contributed by atoms with Gasteiger partial charge in [0.05, 0.1) is 12.0 Å². The lowest BCUT2D eigenvalue weighted by atomic mass is 9.94. The summed E-state index contributed by atoms with van der Waals surface area (Å²) in [6.07, 6.45) is 1.57. The smallest absolute Gasteiger partial charge is 0.306 e. The fraction of sp³-hybridized carbons (Fsp3) is 0.875. The second kappa shape index (κ2) is 3.22. The molecular formula is C8H14O3. The van der Waals surface area contributed by atoms with Crippen molar-refractivity contribution in [1.82, 2.24) is 0 Å². The summed E-state index contributed by atoms with van der Waals surface area (Å²) in [6, 6.07) is 0. The van der Waals surface area contributed by atoms with Crippen molar-refractivity contribution in [1.29, 1.82) is 0 Å². The average molecular weight is 158 g/mol. The highest BCUT2D eigenvalue weighted by Crippen LogP contribution is 2.34. The Balaban J connectivity index is 2.57. The van der Waals surface area contributed by atoms with Gasteiger partial charge in [-0.15, -0.1) is 0 Å². The van der Waals surface area contributed by atoms with Gasteiger partial charge in [-0.25, -0.2) is 0 Å². The minimum Gasteiger partial charge on any atom is -0.481 e. The molecule has 2 N–H and O–H groups in total. The molecule has 0 aromatic heterocycles. The van der Waals surface area contributed by atoms with E-state index >= 15 is 0 Å². The fourth-order valence-corrected chi connectivity index (χ4v) is 1.85. The van der Waals surface area contributed by atoms with Crippen LogP contribution in [0.1, 0.15) is 26.2 Å². The molecule has 11 heavy (non-hydrogen) atoms. The number of carbonyl (C=O) groups is 1. The van der Waals surface area contributed by atoms with Gasteiger partial charge in [0.1, 0.15) is 0 Å². The molecular weight excluding hydrogens is 144 g/mol. The molecule has 3 atom stereocenters. The first kappa shape index (κ1) is 8.53. The lowest BCUT2D eigenvalue weighted by Crippen LogP contribution is -2.17. The Morgan fingerprint density at radius 1 is 1.55 bits per heavy atom. The SMILES string of the molecule is CC[C@H]1C[C@H](O)C[C@@H]1C(=O)O. The molecule has 0 aliphatic heterocycles. The third-order valence-corrected chi connectivity index (χ3v) is 2.51. The predicted octanol–water partition coefficient (Wildman–Crippen LogP) is 0.868. The Morgan fingerprint density at radius 2 is 2.18 bits per heavy atom. The fourth-order valence-electron chi connectivity index (χ4n) is 1.85. The van der Waals surface area contributed by atoms with Gasteiger partial charge in [0.2, 0.25) is 0 Å². The number of hydrogen-bond donors (Lipinski definition) is 2. The molecule has 0 bridgehead atoms. The van der Waals surface area contributed by atoms with Crippen molar-refractivity contribution in [3.8, 4) is 0 Å². The van der Waals surface area contributed by atoms with E-state index in [0.29, 0.717) is 12.8 Å². The number of rotatable bonds is 2. The van der Waals surface area contributed by atoms with Gasteiger partial charge in [-0.3, -0.25) is 4.79 Å². The molecule has 0 amide bonds. The zero-order valence-corrected chi connectivity index (χ0v) is 6.66. The summed E-state index contributed by atoms with van der Waals surface area (Å²) < 4.78 is 0. The maximum absolute atomic E-state index is 10.6. The Kier molecular flexibility index (Phi) is 2.49. The van der Waals surface area contributed by atoms with Crippen molar-refractivity contribution in [3.05, 3.63) is 0 Å². The second-order valence-corrected chi connectivity index (χ2v) is 3.24. The largest absolute Gasteiger partial charge is 0.481 e. The van der Waals surface area contributed by atoms with Gasteiger partial charge < -0.3 is 10.2 Å². The van der Waals surface area contributed by atoms with Crippen LogP contribution in [0.2, 0.25) is 0 Å². The molecule has 1 rings (SSSR count). The van der Waals surface area contributed by atoms with Crippen LogP contribution in [0.25, 0.3) is 0 Å². The first-order valence-electron chi connectivity index (χ1n) is 4.06. The molecule has 0 unspecified atom stereocenters. The summed E-state index contributed by atoms with van der Waals surface area (Å²) in [7, 11) is 0. The molecule has 0 aromatic carbocycles. The summed E-state index contributed by atoms with van der Waals surface area (Å²) in [5, 5.41) is 17.9. The quantitative estimate of drug-likeness (QED) is 0.627. The van der Waals surface area contributed by atoms with Crippen LogP contribution >= 0.6 is 0 Å². The number of carboxylic acids is 1. The van der Waals surface area contributed by atoms with Crippen LogP contribution in [-0.4, -0.2) is 22.3 Å². The van der Waals surface area contributed by atoms with Crippen molar-refractivity contribution < 1.29 is 15.0 Å². The Hall–Kier alpha value is -0.570. The number of aliphatic carboxylic acids is 1. The highest BCUT2D eigenvalue weighted by Gasteiger charge is 2.36. The molecule has 0 spiro atoms. The maximum Gasteiger partial charge on any atom is 0.306 e. The molecule has 0 aromatic rings. The van der Waals surface area contributed by atoms with E-state index in [-0.39, 0.29) is 17.9 Å². The molecule has 1 aliphatic carbocycles. The second-order valence-electron chi connectivity index (χ2n) is 3.24. The third kappa shape index (κ3) is 1.71. The van der Waals surface area contributed by atoms with Crippen molar-refractivity contribution in [2.75, 3.05) is 0 Å². The van der Waals surface area contributed by atoms with E-state index in [1.54, 1.807) is 0 Å². The van der Waals surface area contributed by atoms with Gasteiger partial charge >= 0.3 is 5.97 Å². The molecule has 0 radical (unpaired) electrons. The van der Waals surface area contributed by atoms with E-state index in [9.17, 15) is 9.90 Å². The summed E-state index contributed by atoms with van der Waals surface area (Å²) >= 11 is 0. The minimum absolute atomic E-state index is 0.183. The lowest BCUT2D eigenvalue weighted by molar-refractivity contribution is -0.143. The van der Waals surface area contributed by atoms with Crippen molar-refractivity contribution in [2.24, 2.45) is 11.8 Å². The molecule has 1 saturated carbocycles. The normalized spacial score (nSPS) is 37.5. The predicted molar refractivity (Wildman–Crippen MR) is 40.1 cm³/mol. The maximum atomic E-state index is 10.6. The van der Waals surface area contributed by atoms with Gasteiger partial charge in [-0.2, -0.15) is 0 Å². The van der Waals surface area contributed by atoms with Crippen LogP contribution < -0.4 is 0 Å². The summed E-state index contributed by atoms with van der Waals surface area (Å²) in [5.41, 5.74) is 0. The number of hydrogen-bond acceptors (Lipinski definition) is 2. The zero-order valence-electron chi connectivity index (χ0n) is 6.66. The van der Waals surface area contributed by atoms with Gasteiger partial charge in [0, 0.05) is 0 Å². The highest BCUT2D eigenvalue weighted by molar-refractivity contribution is 5.70. The summed E-state index contributed by atoms with van der Waals surface area (Å²) in [6.45, 7) is 1.97. The van der Waals surface area contributed by atoms with E-state index < -0.39 is 5.97 Å². The standard InChI is InChI=1S/C8H14O3/c1-2-5-3-6(9)4-7(5)8(10)11/h5-7,9H,2-4H2,1H3,(H,10,11)/t5-,6-,7-/m0/s1. The van der Waals surface area contributed by atoms with Gasteiger partial charge in [0.25, 0.3) is 0 Å². The molecule has 64 valence electrons. The van der Waals surface area contributed by atoms with E-state index in [0.717, 1.165) is 6.42 Å². The van der Waals surface area contributed by atoms with Gasteiger partial charge in [-0.1, -0.05) is 13.3 Å². The van der Waals surface area contributed by atoms with Crippen LogP contribution in [0.5, 0.6) is 0 Å². The van der Waals surface area contributed by atoms with Crippen LogP contribution in [0.4, 0.5) is 0 Å². The molecule has 0 heterocycles. The van der Waals surface area contributed by atoms with Crippen molar-refractivity contribution in [3.63, 3.8) is 0 Å². The first-order chi connectivity index (χ1) is 5.15. The topological polar surface area (TPSA) is 57.5 Å². The first-order valence-corrected chi connectivity index (χ1v) is 4.06.